The van der Waals surface area contributed by atoms with E-state index in [1.807, 2.05) is 0 Å². The molecule has 0 radical (unpaired) electrons. The van der Waals surface area contributed by atoms with Crippen molar-refractivity contribution in [3.63, 3.8) is 0 Å². The van der Waals surface area contributed by atoms with Gasteiger partial charge in [0, 0.05) is 24.6 Å². The zero-order valence-corrected chi connectivity index (χ0v) is 14.4. The monoisotopic (exact) mass is 319 g/mol. The first-order valence-electron chi connectivity index (χ1n) is 9.17. The lowest BCUT2D eigenvalue weighted by atomic mass is 9.54. The lowest BCUT2D eigenvalue weighted by Crippen LogP contribution is -2.66. The van der Waals surface area contributed by atoms with E-state index in [1.165, 1.54) is 32.1 Å². The molecule has 3 rings (SSSR count). The van der Waals surface area contributed by atoms with E-state index in [4.69, 9.17) is 9.15 Å². The molecule has 2 saturated carbocycles. The highest BCUT2D eigenvalue weighted by molar-refractivity contribution is 5.94. The maximum atomic E-state index is 12.9. The third-order valence-corrected chi connectivity index (χ3v) is 5.76. The molecule has 1 spiro atoms. The van der Waals surface area contributed by atoms with Gasteiger partial charge in [-0.1, -0.05) is 26.2 Å². The van der Waals surface area contributed by atoms with Gasteiger partial charge in [0.15, 0.2) is 0 Å². The molecule has 2 aliphatic carbocycles. The van der Waals surface area contributed by atoms with Gasteiger partial charge in [-0.25, -0.2) is 0 Å². The van der Waals surface area contributed by atoms with Crippen LogP contribution in [-0.4, -0.2) is 36.1 Å². The summed E-state index contributed by atoms with van der Waals surface area (Å²) in [6.07, 6.45) is 11.7. The number of carbonyl (C=O) groups excluding carboxylic acids is 1. The highest BCUT2D eigenvalue weighted by atomic mass is 16.5. The molecule has 4 nitrogen and oxygen atoms in total. The quantitative estimate of drug-likeness (QED) is 0.787. The summed E-state index contributed by atoms with van der Waals surface area (Å²) < 4.78 is 11.2. The minimum absolute atomic E-state index is 0.116. The molecule has 1 aromatic rings. The van der Waals surface area contributed by atoms with Gasteiger partial charge in [-0.3, -0.25) is 4.79 Å². The van der Waals surface area contributed by atoms with Crippen LogP contribution in [0.5, 0.6) is 0 Å². The number of amides is 1. The molecule has 0 aromatic carbocycles. The van der Waals surface area contributed by atoms with Crippen LogP contribution in [0.1, 0.15) is 69.2 Å². The van der Waals surface area contributed by atoms with Crippen molar-refractivity contribution in [1.82, 2.24) is 4.90 Å². The Bertz CT molecular complexity index is 505. The fraction of sp³-hybridized carbons (Fsp3) is 0.737. The molecule has 23 heavy (non-hydrogen) atoms. The van der Waals surface area contributed by atoms with Gasteiger partial charge in [0.2, 0.25) is 0 Å². The second-order valence-corrected chi connectivity index (χ2v) is 7.00. The highest BCUT2D eigenvalue weighted by Gasteiger charge is 2.58. The molecule has 0 saturated heterocycles. The van der Waals surface area contributed by atoms with E-state index in [2.05, 4.69) is 18.7 Å². The van der Waals surface area contributed by atoms with Gasteiger partial charge in [-0.05, 0) is 38.7 Å². The standard InChI is InChI=1S/C19H29NO3/c1-3-11-20(18(21)15-8-12-22-14-15)16-13-17(23-4-2)19(16)9-6-5-7-10-19/h8,12,14,16-17H,3-7,9-11,13H2,1-2H3/t16-,17+/m1/s1. The summed E-state index contributed by atoms with van der Waals surface area (Å²) in [7, 11) is 0. The molecule has 2 aliphatic rings. The maximum Gasteiger partial charge on any atom is 0.257 e. The topological polar surface area (TPSA) is 42.7 Å². The average molecular weight is 319 g/mol. The molecular weight excluding hydrogens is 290 g/mol. The summed E-state index contributed by atoms with van der Waals surface area (Å²) in [5.74, 6) is 0.116. The first-order chi connectivity index (χ1) is 11.2. The second-order valence-electron chi connectivity index (χ2n) is 7.00. The predicted octanol–water partition coefficient (Wildman–Crippen LogP) is 4.26. The maximum absolute atomic E-state index is 12.9. The summed E-state index contributed by atoms with van der Waals surface area (Å²) >= 11 is 0. The van der Waals surface area contributed by atoms with Crippen molar-refractivity contribution in [2.45, 2.75) is 70.9 Å². The first-order valence-corrected chi connectivity index (χ1v) is 9.17. The Morgan fingerprint density at radius 2 is 2.13 bits per heavy atom. The molecule has 128 valence electrons. The van der Waals surface area contributed by atoms with Crippen molar-refractivity contribution >= 4 is 5.91 Å². The molecule has 0 aliphatic heterocycles. The summed E-state index contributed by atoms with van der Waals surface area (Å²) in [5.41, 5.74) is 0.854. The number of hydrogen-bond donors (Lipinski definition) is 0. The van der Waals surface area contributed by atoms with Gasteiger partial charge >= 0.3 is 0 Å². The van der Waals surface area contributed by atoms with Gasteiger partial charge in [-0.15, -0.1) is 0 Å². The molecule has 1 amide bonds. The van der Waals surface area contributed by atoms with Crippen LogP contribution in [0.15, 0.2) is 23.0 Å². The largest absolute Gasteiger partial charge is 0.472 e. The Hall–Kier alpha value is -1.29. The first kappa shape index (κ1) is 16.6. The third-order valence-electron chi connectivity index (χ3n) is 5.76. The fourth-order valence-electron chi connectivity index (χ4n) is 4.66. The second kappa shape index (κ2) is 7.08. The summed E-state index contributed by atoms with van der Waals surface area (Å²) in [5, 5.41) is 0. The number of ether oxygens (including phenoxy) is 1. The van der Waals surface area contributed by atoms with Crippen LogP contribution in [-0.2, 0) is 4.74 Å². The average Bonchev–Trinajstić information content (AvgIpc) is 3.11. The molecule has 1 heterocycles. The third kappa shape index (κ3) is 2.93. The van der Waals surface area contributed by atoms with E-state index in [-0.39, 0.29) is 11.3 Å². The van der Waals surface area contributed by atoms with Gasteiger partial charge in [-0.2, -0.15) is 0 Å². The lowest BCUT2D eigenvalue weighted by molar-refractivity contribution is -0.174. The van der Waals surface area contributed by atoms with Gasteiger partial charge in [0.1, 0.15) is 6.26 Å². The Morgan fingerprint density at radius 1 is 1.35 bits per heavy atom. The van der Waals surface area contributed by atoms with E-state index >= 15 is 0 Å². The Morgan fingerprint density at radius 3 is 2.74 bits per heavy atom. The minimum Gasteiger partial charge on any atom is -0.472 e. The molecule has 2 fully saturated rings. The Balaban J connectivity index is 1.82. The van der Waals surface area contributed by atoms with Crippen LogP contribution < -0.4 is 0 Å². The summed E-state index contributed by atoms with van der Waals surface area (Å²) in [6, 6.07) is 2.10. The van der Waals surface area contributed by atoms with Crippen molar-refractivity contribution in [1.29, 1.82) is 0 Å². The molecule has 0 bridgehead atoms. The van der Waals surface area contributed by atoms with E-state index in [9.17, 15) is 4.79 Å². The molecule has 0 unspecified atom stereocenters. The SMILES string of the molecule is CCCN(C(=O)c1ccoc1)[C@@H]1C[C@H](OCC)C12CCCCC2. The van der Waals surface area contributed by atoms with Crippen molar-refractivity contribution in [3.05, 3.63) is 24.2 Å². The predicted molar refractivity (Wildman–Crippen MR) is 89.4 cm³/mol. The zero-order chi connectivity index (χ0) is 16.3. The van der Waals surface area contributed by atoms with Crippen LogP contribution in [0.4, 0.5) is 0 Å². The number of nitrogens with zero attached hydrogens (tertiary/aromatic N) is 1. The van der Waals surface area contributed by atoms with Crippen LogP contribution in [0.2, 0.25) is 0 Å². The van der Waals surface area contributed by atoms with Crippen molar-refractivity contribution in [3.8, 4) is 0 Å². The van der Waals surface area contributed by atoms with Gasteiger partial charge in [0.05, 0.1) is 17.9 Å². The van der Waals surface area contributed by atoms with Crippen LogP contribution >= 0.6 is 0 Å². The van der Waals surface area contributed by atoms with E-state index in [1.54, 1.807) is 18.6 Å². The zero-order valence-electron chi connectivity index (χ0n) is 14.4. The number of hydrogen-bond acceptors (Lipinski definition) is 3. The minimum atomic E-state index is 0.116. The summed E-state index contributed by atoms with van der Waals surface area (Å²) in [4.78, 5) is 15.0. The van der Waals surface area contributed by atoms with E-state index in [0.29, 0.717) is 17.7 Å². The Kier molecular flexibility index (Phi) is 5.10. The van der Waals surface area contributed by atoms with Crippen molar-refractivity contribution < 1.29 is 13.9 Å². The molecular formula is C19H29NO3. The number of carbonyl (C=O) groups is 1. The van der Waals surface area contributed by atoms with Crippen LogP contribution in [0.3, 0.4) is 0 Å². The Labute approximate surface area is 139 Å². The van der Waals surface area contributed by atoms with E-state index in [0.717, 1.165) is 26.0 Å². The van der Waals surface area contributed by atoms with Gasteiger partial charge in [0.25, 0.3) is 5.91 Å². The highest BCUT2D eigenvalue weighted by Crippen LogP contribution is 2.55. The van der Waals surface area contributed by atoms with E-state index < -0.39 is 0 Å². The molecule has 4 heteroatoms. The molecule has 2 atom stereocenters. The number of furan rings is 1. The molecule has 0 N–H and O–H groups in total. The number of rotatable bonds is 6. The summed E-state index contributed by atoms with van der Waals surface area (Å²) in [6.45, 7) is 5.80. The van der Waals surface area contributed by atoms with Crippen molar-refractivity contribution in [2.75, 3.05) is 13.2 Å². The fourth-order valence-corrected chi connectivity index (χ4v) is 4.66. The van der Waals surface area contributed by atoms with Crippen LogP contribution in [0.25, 0.3) is 0 Å². The molecule has 1 aromatic heterocycles. The van der Waals surface area contributed by atoms with Crippen molar-refractivity contribution in [2.24, 2.45) is 5.41 Å². The van der Waals surface area contributed by atoms with Crippen LogP contribution in [0, 0.1) is 5.41 Å². The van der Waals surface area contributed by atoms with Gasteiger partial charge < -0.3 is 14.1 Å². The normalized spacial score (nSPS) is 26.0. The lowest BCUT2D eigenvalue weighted by Gasteiger charge is -2.60. The smallest absolute Gasteiger partial charge is 0.257 e.